The summed E-state index contributed by atoms with van der Waals surface area (Å²) in [5, 5.41) is 0. The summed E-state index contributed by atoms with van der Waals surface area (Å²) in [5.41, 5.74) is 2.69. The number of imidazole rings is 1. The molecule has 0 saturated carbocycles. The van der Waals surface area contributed by atoms with E-state index in [0.717, 1.165) is 35.8 Å². The number of rotatable bonds is 4. The minimum atomic E-state index is -0.508. The SMILES string of the molecule is Fc1cc(F)c2c(c1)CC(n1ccn(CCc3ccccc3)c1=S)CC2. The molecule has 0 fully saturated rings. The van der Waals surface area contributed by atoms with Crippen LogP contribution >= 0.6 is 12.2 Å². The lowest BCUT2D eigenvalue weighted by molar-refractivity contribution is 0.421. The van der Waals surface area contributed by atoms with E-state index in [0.29, 0.717) is 18.4 Å². The van der Waals surface area contributed by atoms with Gasteiger partial charge in [0.1, 0.15) is 11.6 Å². The van der Waals surface area contributed by atoms with E-state index in [1.165, 1.54) is 11.6 Å². The molecule has 0 amide bonds. The number of aryl methyl sites for hydroxylation is 2. The molecular formula is C21H20F2N2S. The number of benzene rings is 2. The van der Waals surface area contributed by atoms with Crippen LogP contribution in [0, 0.1) is 16.4 Å². The first-order valence-corrected chi connectivity index (χ1v) is 9.30. The van der Waals surface area contributed by atoms with E-state index in [2.05, 4.69) is 21.3 Å². The molecule has 0 spiro atoms. The number of aromatic nitrogens is 2. The fourth-order valence-corrected chi connectivity index (χ4v) is 4.16. The molecule has 2 nitrogen and oxygen atoms in total. The number of halogens is 2. The largest absolute Gasteiger partial charge is 0.323 e. The van der Waals surface area contributed by atoms with Gasteiger partial charge < -0.3 is 9.13 Å². The van der Waals surface area contributed by atoms with Gasteiger partial charge in [0.15, 0.2) is 4.77 Å². The lowest BCUT2D eigenvalue weighted by Crippen LogP contribution is -2.20. The van der Waals surface area contributed by atoms with Crippen molar-refractivity contribution in [3.8, 4) is 0 Å². The Morgan fingerprint density at radius 1 is 1.08 bits per heavy atom. The lowest BCUT2D eigenvalue weighted by atomic mass is 9.87. The van der Waals surface area contributed by atoms with Crippen molar-refractivity contribution >= 4 is 12.2 Å². The van der Waals surface area contributed by atoms with Gasteiger partial charge in [-0.05, 0) is 60.7 Å². The molecule has 1 heterocycles. The third-order valence-electron chi connectivity index (χ3n) is 5.19. The third kappa shape index (κ3) is 3.36. The fourth-order valence-electron chi connectivity index (χ4n) is 3.79. The molecule has 1 aliphatic rings. The van der Waals surface area contributed by atoms with Crippen molar-refractivity contribution < 1.29 is 8.78 Å². The fraction of sp³-hybridized carbons (Fsp3) is 0.286. The maximum Gasteiger partial charge on any atom is 0.180 e. The van der Waals surface area contributed by atoms with Crippen LogP contribution in [-0.4, -0.2) is 9.13 Å². The summed E-state index contributed by atoms with van der Waals surface area (Å²) in [5.74, 6) is -0.937. The molecule has 0 radical (unpaired) electrons. The molecule has 5 heteroatoms. The minimum Gasteiger partial charge on any atom is -0.323 e. The van der Waals surface area contributed by atoms with E-state index in [9.17, 15) is 8.78 Å². The normalized spacial score (nSPS) is 16.5. The van der Waals surface area contributed by atoms with Crippen LogP contribution in [-0.2, 0) is 25.8 Å². The Morgan fingerprint density at radius 2 is 1.88 bits per heavy atom. The predicted octanol–water partition coefficient (Wildman–Crippen LogP) is 5.27. The molecule has 1 atom stereocenters. The smallest absolute Gasteiger partial charge is 0.180 e. The standard InChI is InChI=1S/C21H20F2N2S/c22-17-12-16-13-18(6-7-19(16)20(23)14-17)25-11-10-24(21(25)26)9-8-15-4-2-1-3-5-15/h1-5,10-12,14,18H,6-9,13H2. The summed E-state index contributed by atoms with van der Waals surface area (Å²) in [6.07, 6.45) is 6.96. The van der Waals surface area contributed by atoms with Gasteiger partial charge in [-0.3, -0.25) is 0 Å². The van der Waals surface area contributed by atoms with Crippen LogP contribution in [0.4, 0.5) is 8.78 Å². The number of hydrogen-bond donors (Lipinski definition) is 0. The molecule has 4 rings (SSSR count). The molecule has 1 unspecified atom stereocenters. The van der Waals surface area contributed by atoms with Crippen LogP contribution in [0.1, 0.15) is 29.2 Å². The number of hydrogen-bond acceptors (Lipinski definition) is 1. The maximum absolute atomic E-state index is 13.9. The highest BCUT2D eigenvalue weighted by molar-refractivity contribution is 7.71. The van der Waals surface area contributed by atoms with Gasteiger partial charge in [0.25, 0.3) is 0 Å². The minimum absolute atomic E-state index is 0.147. The number of fused-ring (bicyclic) bond motifs is 1. The zero-order valence-corrected chi connectivity index (χ0v) is 15.2. The van der Waals surface area contributed by atoms with E-state index in [-0.39, 0.29) is 6.04 Å². The quantitative estimate of drug-likeness (QED) is 0.569. The molecule has 26 heavy (non-hydrogen) atoms. The summed E-state index contributed by atoms with van der Waals surface area (Å²) in [7, 11) is 0. The molecule has 1 aromatic heterocycles. The first-order valence-electron chi connectivity index (χ1n) is 8.90. The average molecular weight is 370 g/mol. The Bertz CT molecular complexity index is 975. The van der Waals surface area contributed by atoms with Crippen LogP contribution in [0.15, 0.2) is 54.9 Å². The molecule has 3 aromatic rings. The van der Waals surface area contributed by atoms with Crippen molar-refractivity contribution in [2.45, 2.75) is 38.3 Å². The second kappa shape index (κ2) is 7.16. The zero-order chi connectivity index (χ0) is 18.1. The van der Waals surface area contributed by atoms with Gasteiger partial charge in [-0.2, -0.15) is 0 Å². The highest BCUT2D eigenvalue weighted by Gasteiger charge is 2.24. The Kier molecular flexibility index (Phi) is 4.72. The Hall–Kier alpha value is -2.27. The van der Waals surface area contributed by atoms with Gasteiger partial charge in [-0.25, -0.2) is 8.78 Å². The zero-order valence-electron chi connectivity index (χ0n) is 14.4. The Labute approximate surface area is 156 Å². The van der Waals surface area contributed by atoms with Crippen molar-refractivity contribution in [3.05, 3.63) is 88.0 Å². The van der Waals surface area contributed by atoms with Gasteiger partial charge in [0, 0.05) is 31.0 Å². The Morgan fingerprint density at radius 3 is 2.69 bits per heavy atom. The third-order valence-corrected chi connectivity index (χ3v) is 5.63. The highest BCUT2D eigenvalue weighted by Crippen LogP contribution is 2.31. The highest BCUT2D eigenvalue weighted by atomic mass is 32.1. The van der Waals surface area contributed by atoms with Gasteiger partial charge in [-0.15, -0.1) is 0 Å². The molecule has 0 aliphatic heterocycles. The first-order chi connectivity index (χ1) is 12.6. The van der Waals surface area contributed by atoms with Crippen molar-refractivity contribution in [2.24, 2.45) is 0 Å². The van der Waals surface area contributed by atoms with Crippen molar-refractivity contribution in [1.29, 1.82) is 0 Å². The molecule has 0 N–H and O–H groups in total. The molecule has 2 aromatic carbocycles. The second-order valence-corrected chi connectivity index (χ2v) is 7.20. The topological polar surface area (TPSA) is 9.86 Å². The van der Waals surface area contributed by atoms with E-state index in [4.69, 9.17) is 12.2 Å². The monoisotopic (exact) mass is 370 g/mol. The summed E-state index contributed by atoms with van der Waals surface area (Å²) in [6, 6.07) is 12.9. The van der Waals surface area contributed by atoms with Gasteiger partial charge in [0.05, 0.1) is 0 Å². The molecule has 134 valence electrons. The van der Waals surface area contributed by atoms with Gasteiger partial charge in [0.2, 0.25) is 0 Å². The van der Waals surface area contributed by atoms with Crippen LogP contribution in [0.2, 0.25) is 0 Å². The molecule has 1 aliphatic carbocycles. The van der Waals surface area contributed by atoms with E-state index < -0.39 is 11.6 Å². The summed E-state index contributed by atoms with van der Waals surface area (Å²) < 4.78 is 32.4. The summed E-state index contributed by atoms with van der Waals surface area (Å²) in [4.78, 5) is 0. The van der Waals surface area contributed by atoms with Crippen molar-refractivity contribution in [2.75, 3.05) is 0 Å². The molecule has 0 bridgehead atoms. The average Bonchev–Trinajstić information content (AvgIpc) is 3.01. The lowest BCUT2D eigenvalue weighted by Gasteiger charge is -2.26. The second-order valence-electron chi connectivity index (χ2n) is 6.84. The van der Waals surface area contributed by atoms with Crippen LogP contribution < -0.4 is 0 Å². The van der Waals surface area contributed by atoms with Crippen LogP contribution in [0.3, 0.4) is 0 Å². The molecule has 0 saturated heterocycles. The van der Waals surface area contributed by atoms with Crippen molar-refractivity contribution in [3.63, 3.8) is 0 Å². The van der Waals surface area contributed by atoms with Crippen LogP contribution in [0.25, 0.3) is 0 Å². The maximum atomic E-state index is 13.9. The first kappa shape index (κ1) is 17.2. The Balaban J connectivity index is 1.52. The summed E-state index contributed by atoms with van der Waals surface area (Å²) >= 11 is 5.65. The van der Waals surface area contributed by atoms with Gasteiger partial charge in [-0.1, -0.05) is 30.3 Å². The predicted molar refractivity (Wildman–Crippen MR) is 101 cm³/mol. The van der Waals surface area contributed by atoms with Gasteiger partial charge >= 0.3 is 0 Å². The van der Waals surface area contributed by atoms with E-state index in [1.54, 1.807) is 0 Å². The van der Waals surface area contributed by atoms with E-state index in [1.807, 2.05) is 30.6 Å². The molecular weight excluding hydrogens is 350 g/mol. The van der Waals surface area contributed by atoms with E-state index >= 15 is 0 Å². The van der Waals surface area contributed by atoms with Crippen LogP contribution in [0.5, 0.6) is 0 Å². The summed E-state index contributed by atoms with van der Waals surface area (Å²) in [6.45, 7) is 0.822. The number of nitrogens with zero attached hydrogens (tertiary/aromatic N) is 2. The van der Waals surface area contributed by atoms with Crippen molar-refractivity contribution in [1.82, 2.24) is 9.13 Å².